The van der Waals surface area contributed by atoms with E-state index in [0.717, 1.165) is 25.7 Å². The van der Waals surface area contributed by atoms with Gasteiger partial charge < -0.3 is 10.1 Å². The van der Waals surface area contributed by atoms with Crippen molar-refractivity contribution in [3.63, 3.8) is 0 Å². The van der Waals surface area contributed by atoms with Crippen LogP contribution in [-0.2, 0) is 4.74 Å². The molecule has 2 aliphatic heterocycles. The van der Waals surface area contributed by atoms with Crippen LogP contribution in [0.15, 0.2) is 0 Å². The lowest BCUT2D eigenvalue weighted by Gasteiger charge is -2.44. The lowest BCUT2D eigenvalue weighted by Crippen LogP contribution is -2.59. The molecule has 2 aliphatic rings. The third-order valence-corrected chi connectivity index (χ3v) is 4.73. The summed E-state index contributed by atoms with van der Waals surface area (Å²) >= 11 is 0. The van der Waals surface area contributed by atoms with Crippen LogP contribution in [0.1, 0.15) is 58.8 Å². The van der Waals surface area contributed by atoms with Gasteiger partial charge in [0, 0.05) is 31.7 Å². The first kappa shape index (κ1) is 15.3. The number of ether oxygens (including phenoxy) is 1. The molecular formula is C16H32N2O. The summed E-state index contributed by atoms with van der Waals surface area (Å²) in [4.78, 5) is 2.72. The van der Waals surface area contributed by atoms with E-state index in [-0.39, 0.29) is 0 Å². The molecule has 2 fully saturated rings. The summed E-state index contributed by atoms with van der Waals surface area (Å²) in [5, 5.41) is 3.62. The standard InChI is InChI=1S/C16H32N2O/c1-3-5-7-14(8-6-4-2)18-11-9-15-16(13-18)19-12-10-17-15/h14-17H,3-13H2,1-2H3/t15-,16-/m0/s1. The molecule has 0 aliphatic carbocycles. The number of nitrogens with zero attached hydrogens (tertiary/aromatic N) is 1. The van der Waals surface area contributed by atoms with Gasteiger partial charge in [0.15, 0.2) is 0 Å². The van der Waals surface area contributed by atoms with Gasteiger partial charge >= 0.3 is 0 Å². The summed E-state index contributed by atoms with van der Waals surface area (Å²) in [6.07, 6.45) is 9.84. The third kappa shape index (κ3) is 4.44. The van der Waals surface area contributed by atoms with Gasteiger partial charge in [0.05, 0.1) is 12.7 Å². The normalized spacial score (nSPS) is 28.6. The van der Waals surface area contributed by atoms with Crippen molar-refractivity contribution in [1.82, 2.24) is 10.2 Å². The van der Waals surface area contributed by atoms with Crippen LogP contribution >= 0.6 is 0 Å². The van der Waals surface area contributed by atoms with Crippen LogP contribution in [0.2, 0.25) is 0 Å². The van der Waals surface area contributed by atoms with Gasteiger partial charge in [-0.3, -0.25) is 4.90 Å². The van der Waals surface area contributed by atoms with E-state index in [1.54, 1.807) is 0 Å². The minimum atomic E-state index is 0.438. The smallest absolute Gasteiger partial charge is 0.0855 e. The second-order valence-corrected chi connectivity index (χ2v) is 6.19. The van der Waals surface area contributed by atoms with Gasteiger partial charge in [-0.15, -0.1) is 0 Å². The van der Waals surface area contributed by atoms with E-state index < -0.39 is 0 Å². The fraction of sp³-hybridized carbons (Fsp3) is 1.00. The van der Waals surface area contributed by atoms with Gasteiger partial charge in [-0.1, -0.05) is 39.5 Å². The maximum atomic E-state index is 5.97. The first-order valence-electron chi connectivity index (χ1n) is 8.44. The number of nitrogens with one attached hydrogen (secondary N) is 1. The van der Waals surface area contributed by atoms with Crippen LogP contribution in [0.3, 0.4) is 0 Å². The van der Waals surface area contributed by atoms with Crippen LogP contribution in [0.25, 0.3) is 0 Å². The predicted molar refractivity (Wildman–Crippen MR) is 80.6 cm³/mol. The van der Waals surface area contributed by atoms with E-state index in [1.165, 1.54) is 51.5 Å². The van der Waals surface area contributed by atoms with E-state index in [1.807, 2.05) is 0 Å². The van der Waals surface area contributed by atoms with Crippen molar-refractivity contribution in [3.05, 3.63) is 0 Å². The molecule has 0 saturated carbocycles. The van der Waals surface area contributed by atoms with Crippen molar-refractivity contribution >= 4 is 0 Å². The molecule has 0 bridgehead atoms. The zero-order valence-corrected chi connectivity index (χ0v) is 12.9. The fourth-order valence-electron chi connectivity index (χ4n) is 3.52. The van der Waals surface area contributed by atoms with Crippen LogP contribution in [0, 0.1) is 0 Å². The van der Waals surface area contributed by atoms with Crippen molar-refractivity contribution < 1.29 is 4.74 Å². The molecule has 0 aromatic rings. The Morgan fingerprint density at radius 2 is 1.95 bits per heavy atom. The molecule has 112 valence electrons. The van der Waals surface area contributed by atoms with Crippen LogP contribution < -0.4 is 5.32 Å². The minimum absolute atomic E-state index is 0.438. The van der Waals surface area contributed by atoms with Gasteiger partial charge in [0.25, 0.3) is 0 Å². The Balaban J connectivity index is 1.85. The molecular weight excluding hydrogens is 236 g/mol. The van der Waals surface area contributed by atoms with Crippen molar-refractivity contribution in [2.45, 2.75) is 77.0 Å². The molecule has 0 radical (unpaired) electrons. The number of hydrogen-bond donors (Lipinski definition) is 1. The quantitative estimate of drug-likeness (QED) is 0.768. The molecule has 3 nitrogen and oxygen atoms in total. The second kappa shape index (κ2) is 8.23. The Hall–Kier alpha value is -0.120. The number of piperidine rings is 1. The first-order valence-corrected chi connectivity index (χ1v) is 8.44. The highest BCUT2D eigenvalue weighted by atomic mass is 16.5. The Bertz CT molecular complexity index is 239. The lowest BCUT2D eigenvalue weighted by molar-refractivity contribution is -0.0581. The largest absolute Gasteiger partial charge is 0.374 e. The lowest BCUT2D eigenvalue weighted by atomic mass is 9.95. The highest BCUT2D eigenvalue weighted by Gasteiger charge is 2.34. The fourth-order valence-corrected chi connectivity index (χ4v) is 3.52. The molecule has 0 unspecified atom stereocenters. The van der Waals surface area contributed by atoms with E-state index >= 15 is 0 Å². The maximum Gasteiger partial charge on any atom is 0.0855 e. The molecule has 0 amide bonds. The Labute approximate surface area is 119 Å². The molecule has 0 aromatic heterocycles. The van der Waals surface area contributed by atoms with Gasteiger partial charge in [0.1, 0.15) is 0 Å². The van der Waals surface area contributed by atoms with Gasteiger partial charge in [-0.05, 0) is 19.3 Å². The molecule has 1 N–H and O–H groups in total. The molecule has 2 saturated heterocycles. The topological polar surface area (TPSA) is 24.5 Å². The minimum Gasteiger partial charge on any atom is -0.374 e. The number of hydrogen-bond acceptors (Lipinski definition) is 3. The van der Waals surface area contributed by atoms with Gasteiger partial charge in [-0.2, -0.15) is 0 Å². The zero-order chi connectivity index (χ0) is 13.5. The van der Waals surface area contributed by atoms with Crippen molar-refractivity contribution in [2.24, 2.45) is 0 Å². The summed E-state index contributed by atoms with van der Waals surface area (Å²) in [5.41, 5.74) is 0. The van der Waals surface area contributed by atoms with Gasteiger partial charge in [0.2, 0.25) is 0 Å². The Morgan fingerprint density at radius 3 is 2.63 bits per heavy atom. The molecule has 0 spiro atoms. The summed E-state index contributed by atoms with van der Waals surface area (Å²) in [7, 11) is 0. The molecule has 3 heteroatoms. The number of fused-ring (bicyclic) bond motifs is 1. The number of rotatable bonds is 7. The molecule has 0 aromatic carbocycles. The first-order chi connectivity index (χ1) is 9.35. The Kier molecular flexibility index (Phi) is 6.62. The number of unbranched alkanes of at least 4 members (excludes halogenated alkanes) is 2. The molecule has 2 rings (SSSR count). The van der Waals surface area contributed by atoms with Crippen molar-refractivity contribution in [3.8, 4) is 0 Å². The maximum absolute atomic E-state index is 5.97. The van der Waals surface area contributed by atoms with Crippen LogP contribution in [-0.4, -0.2) is 49.3 Å². The van der Waals surface area contributed by atoms with Gasteiger partial charge in [-0.25, -0.2) is 0 Å². The summed E-state index contributed by atoms with van der Waals surface area (Å²) < 4.78 is 5.97. The zero-order valence-electron chi connectivity index (χ0n) is 12.9. The molecule has 19 heavy (non-hydrogen) atoms. The van der Waals surface area contributed by atoms with Crippen LogP contribution in [0.5, 0.6) is 0 Å². The molecule has 2 atom stereocenters. The molecule has 2 heterocycles. The Morgan fingerprint density at radius 1 is 1.21 bits per heavy atom. The third-order valence-electron chi connectivity index (χ3n) is 4.73. The van der Waals surface area contributed by atoms with Crippen LogP contribution in [0.4, 0.5) is 0 Å². The summed E-state index contributed by atoms with van der Waals surface area (Å²) in [5.74, 6) is 0. The van der Waals surface area contributed by atoms with E-state index in [4.69, 9.17) is 4.74 Å². The summed E-state index contributed by atoms with van der Waals surface area (Å²) in [6, 6.07) is 1.41. The highest BCUT2D eigenvalue weighted by molar-refractivity contribution is 4.90. The summed E-state index contributed by atoms with van der Waals surface area (Å²) in [6.45, 7) is 8.94. The van der Waals surface area contributed by atoms with E-state index in [9.17, 15) is 0 Å². The predicted octanol–water partition coefficient (Wildman–Crippen LogP) is 2.80. The average molecular weight is 268 g/mol. The van der Waals surface area contributed by atoms with Crippen molar-refractivity contribution in [2.75, 3.05) is 26.2 Å². The average Bonchev–Trinajstić information content (AvgIpc) is 2.47. The monoisotopic (exact) mass is 268 g/mol. The SMILES string of the molecule is CCCCC(CCCC)N1CC[C@@H]2NCCO[C@H]2C1. The number of likely N-dealkylation sites (tertiary alicyclic amines) is 1. The van der Waals surface area contributed by atoms with Crippen molar-refractivity contribution in [1.29, 1.82) is 0 Å². The highest BCUT2D eigenvalue weighted by Crippen LogP contribution is 2.23. The number of morpholine rings is 1. The van der Waals surface area contributed by atoms with E-state index in [2.05, 4.69) is 24.1 Å². The second-order valence-electron chi connectivity index (χ2n) is 6.19. The van der Waals surface area contributed by atoms with E-state index in [0.29, 0.717) is 12.1 Å².